The van der Waals surface area contributed by atoms with Crippen LogP contribution < -0.4 is 10.7 Å². The van der Waals surface area contributed by atoms with Gasteiger partial charge in [0, 0.05) is 12.0 Å². The molecule has 2 N–H and O–H groups in total. The zero-order valence-corrected chi connectivity index (χ0v) is 18.0. The van der Waals surface area contributed by atoms with Crippen molar-refractivity contribution in [3.8, 4) is 0 Å². The standard InChI is InChI=1S/C21H19Cl2N3O5/c1-12-5-2-3-6-14(12)20(29)25-26-10-13(9-18(26)28)21(30)31-11-17(27)24-16-8-4-7-15(22)19(16)23/h2-8,13H,9-11H2,1H3,(H,24,27)(H,25,29)/t13-/m1/s1. The van der Waals surface area contributed by atoms with Crippen LogP contribution >= 0.6 is 23.2 Å². The van der Waals surface area contributed by atoms with Crippen LogP contribution in [0.1, 0.15) is 22.3 Å². The highest BCUT2D eigenvalue weighted by atomic mass is 35.5. The SMILES string of the molecule is Cc1ccccc1C(=O)NN1C[C@H](C(=O)OCC(=O)Nc2cccc(Cl)c2Cl)CC1=O. The third kappa shape index (κ3) is 5.53. The summed E-state index contributed by atoms with van der Waals surface area (Å²) in [6, 6.07) is 11.7. The Morgan fingerprint density at radius 2 is 1.87 bits per heavy atom. The number of aryl methyl sites for hydroxylation is 1. The summed E-state index contributed by atoms with van der Waals surface area (Å²) in [5, 5.41) is 4.03. The number of hydrogen-bond acceptors (Lipinski definition) is 5. The minimum atomic E-state index is -0.799. The molecule has 0 radical (unpaired) electrons. The molecule has 8 nitrogen and oxygen atoms in total. The monoisotopic (exact) mass is 463 g/mol. The molecule has 0 aromatic heterocycles. The fourth-order valence-corrected chi connectivity index (χ4v) is 3.37. The van der Waals surface area contributed by atoms with Gasteiger partial charge in [-0.2, -0.15) is 0 Å². The van der Waals surface area contributed by atoms with Crippen LogP contribution in [-0.4, -0.2) is 41.9 Å². The first-order chi connectivity index (χ1) is 14.8. The van der Waals surface area contributed by atoms with Gasteiger partial charge in [-0.1, -0.05) is 47.5 Å². The first-order valence-electron chi connectivity index (χ1n) is 9.33. The van der Waals surface area contributed by atoms with Crippen molar-refractivity contribution in [1.29, 1.82) is 0 Å². The minimum absolute atomic E-state index is 0.0446. The van der Waals surface area contributed by atoms with Crippen molar-refractivity contribution in [3.05, 3.63) is 63.6 Å². The van der Waals surface area contributed by atoms with Crippen molar-refractivity contribution in [2.24, 2.45) is 5.92 Å². The fourth-order valence-electron chi connectivity index (χ4n) is 3.03. The lowest BCUT2D eigenvalue weighted by Gasteiger charge is -2.18. The number of anilines is 1. The van der Waals surface area contributed by atoms with Crippen molar-refractivity contribution < 1.29 is 23.9 Å². The number of carbonyl (C=O) groups is 4. The van der Waals surface area contributed by atoms with Crippen LogP contribution in [0.25, 0.3) is 0 Å². The Bertz CT molecular complexity index is 1040. The molecule has 1 fully saturated rings. The number of nitrogens with zero attached hydrogens (tertiary/aromatic N) is 1. The second kappa shape index (κ2) is 9.80. The van der Waals surface area contributed by atoms with Crippen molar-refractivity contribution in [3.63, 3.8) is 0 Å². The first kappa shape index (κ1) is 22.6. The minimum Gasteiger partial charge on any atom is -0.455 e. The van der Waals surface area contributed by atoms with E-state index in [2.05, 4.69) is 10.7 Å². The van der Waals surface area contributed by atoms with Gasteiger partial charge >= 0.3 is 5.97 Å². The van der Waals surface area contributed by atoms with Crippen LogP contribution in [0.5, 0.6) is 0 Å². The van der Waals surface area contributed by atoms with E-state index < -0.39 is 36.2 Å². The molecule has 162 valence electrons. The molecule has 0 spiro atoms. The Morgan fingerprint density at radius 3 is 2.61 bits per heavy atom. The fraction of sp³-hybridized carbons (Fsp3) is 0.238. The Balaban J connectivity index is 1.51. The zero-order valence-electron chi connectivity index (χ0n) is 16.5. The highest BCUT2D eigenvalue weighted by molar-refractivity contribution is 6.44. The van der Waals surface area contributed by atoms with Gasteiger partial charge in [-0.3, -0.25) is 29.6 Å². The molecule has 10 heteroatoms. The van der Waals surface area contributed by atoms with Crippen molar-refractivity contribution >= 4 is 52.6 Å². The summed E-state index contributed by atoms with van der Waals surface area (Å²) >= 11 is 11.9. The quantitative estimate of drug-likeness (QED) is 0.640. The highest BCUT2D eigenvalue weighted by Gasteiger charge is 2.36. The average molecular weight is 464 g/mol. The number of hydrazine groups is 1. The summed E-state index contributed by atoms with van der Waals surface area (Å²) in [4.78, 5) is 48.9. The number of hydrogen-bond donors (Lipinski definition) is 2. The molecular formula is C21H19Cl2N3O5. The summed E-state index contributed by atoms with van der Waals surface area (Å²) in [6.45, 7) is 1.18. The number of amides is 3. The molecule has 1 aliphatic heterocycles. The van der Waals surface area contributed by atoms with Crippen LogP contribution in [0.4, 0.5) is 5.69 Å². The van der Waals surface area contributed by atoms with E-state index in [1.807, 2.05) is 0 Å². The average Bonchev–Trinajstić information content (AvgIpc) is 3.10. The number of esters is 1. The number of halogens is 2. The second-order valence-corrected chi connectivity index (χ2v) is 7.70. The van der Waals surface area contributed by atoms with E-state index in [-0.39, 0.29) is 28.7 Å². The molecule has 1 saturated heterocycles. The second-order valence-electron chi connectivity index (χ2n) is 6.92. The molecular weight excluding hydrogens is 445 g/mol. The Hall–Kier alpha value is -3.10. The molecule has 2 aromatic rings. The lowest BCUT2D eigenvalue weighted by atomic mass is 10.1. The maximum Gasteiger partial charge on any atom is 0.311 e. The molecule has 1 atom stereocenters. The van der Waals surface area contributed by atoms with Gasteiger partial charge < -0.3 is 10.1 Å². The van der Waals surface area contributed by atoms with Crippen LogP contribution in [-0.2, 0) is 19.1 Å². The van der Waals surface area contributed by atoms with Crippen LogP contribution in [0.15, 0.2) is 42.5 Å². The summed E-state index contributed by atoms with van der Waals surface area (Å²) in [5.74, 6) is -2.98. The molecule has 0 aliphatic carbocycles. The molecule has 0 bridgehead atoms. The summed E-state index contributed by atoms with van der Waals surface area (Å²) in [7, 11) is 0. The summed E-state index contributed by atoms with van der Waals surface area (Å²) in [6.07, 6.45) is -0.130. The van der Waals surface area contributed by atoms with E-state index >= 15 is 0 Å². The smallest absolute Gasteiger partial charge is 0.311 e. The molecule has 2 aromatic carbocycles. The number of carbonyl (C=O) groups excluding carboxylic acids is 4. The van der Waals surface area contributed by atoms with Gasteiger partial charge in [-0.05, 0) is 30.7 Å². The summed E-state index contributed by atoms with van der Waals surface area (Å²) in [5.41, 5.74) is 3.98. The number of rotatable bonds is 6. The number of nitrogens with one attached hydrogen (secondary N) is 2. The number of benzene rings is 2. The van der Waals surface area contributed by atoms with Gasteiger partial charge in [0.2, 0.25) is 5.91 Å². The van der Waals surface area contributed by atoms with Crippen LogP contribution in [0, 0.1) is 12.8 Å². The maximum atomic E-state index is 12.4. The lowest BCUT2D eigenvalue weighted by molar-refractivity contribution is -0.151. The molecule has 0 unspecified atom stereocenters. The van der Waals surface area contributed by atoms with Gasteiger partial charge in [0.05, 0.1) is 28.2 Å². The lowest BCUT2D eigenvalue weighted by Crippen LogP contribution is -2.43. The Kier molecular flexibility index (Phi) is 7.14. The van der Waals surface area contributed by atoms with Crippen molar-refractivity contribution in [1.82, 2.24) is 10.4 Å². The van der Waals surface area contributed by atoms with Gasteiger partial charge in [0.25, 0.3) is 11.8 Å². The first-order valence-corrected chi connectivity index (χ1v) is 10.1. The normalized spacial score (nSPS) is 15.5. The zero-order chi connectivity index (χ0) is 22.5. The van der Waals surface area contributed by atoms with Gasteiger partial charge in [-0.25, -0.2) is 0 Å². The van der Waals surface area contributed by atoms with Crippen LogP contribution in [0.2, 0.25) is 10.0 Å². The van der Waals surface area contributed by atoms with E-state index in [0.29, 0.717) is 5.56 Å². The molecule has 0 saturated carbocycles. The highest BCUT2D eigenvalue weighted by Crippen LogP contribution is 2.29. The Morgan fingerprint density at radius 1 is 1.13 bits per heavy atom. The van der Waals surface area contributed by atoms with Crippen molar-refractivity contribution in [2.75, 3.05) is 18.5 Å². The van der Waals surface area contributed by atoms with Gasteiger partial charge in [0.15, 0.2) is 6.61 Å². The maximum absolute atomic E-state index is 12.4. The topological polar surface area (TPSA) is 105 Å². The van der Waals surface area contributed by atoms with E-state index in [0.717, 1.165) is 10.6 Å². The van der Waals surface area contributed by atoms with Crippen molar-refractivity contribution in [2.45, 2.75) is 13.3 Å². The van der Waals surface area contributed by atoms with E-state index in [4.69, 9.17) is 27.9 Å². The van der Waals surface area contributed by atoms with Gasteiger partial charge in [0.1, 0.15) is 0 Å². The van der Waals surface area contributed by atoms with Crippen LogP contribution in [0.3, 0.4) is 0 Å². The third-order valence-electron chi connectivity index (χ3n) is 4.66. The van der Waals surface area contributed by atoms with E-state index in [1.165, 1.54) is 0 Å². The number of ether oxygens (including phenoxy) is 1. The molecule has 3 rings (SSSR count). The molecule has 3 amide bonds. The van der Waals surface area contributed by atoms with E-state index in [1.54, 1.807) is 49.4 Å². The molecule has 1 heterocycles. The Labute approximate surface area is 188 Å². The third-order valence-corrected chi connectivity index (χ3v) is 5.47. The van der Waals surface area contributed by atoms with Gasteiger partial charge in [-0.15, -0.1) is 0 Å². The predicted octanol–water partition coefficient (Wildman–Crippen LogP) is 2.98. The van der Waals surface area contributed by atoms with E-state index in [9.17, 15) is 19.2 Å². The predicted molar refractivity (Wildman–Crippen MR) is 115 cm³/mol. The molecule has 31 heavy (non-hydrogen) atoms. The molecule has 1 aliphatic rings. The summed E-state index contributed by atoms with van der Waals surface area (Å²) < 4.78 is 5.02. The largest absolute Gasteiger partial charge is 0.455 e.